The molecule has 0 rings (SSSR count). The van der Waals surface area contributed by atoms with Crippen molar-refractivity contribution in [1.82, 2.24) is 0 Å². The fourth-order valence-corrected chi connectivity index (χ4v) is 0.470. The third kappa shape index (κ3) is 3.93. The van der Waals surface area contributed by atoms with Gasteiger partial charge in [-0.05, 0) is 19.9 Å². The summed E-state index contributed by atoms with van der Waals surface area (Å²) in [6, 6.07) is 1.89. The maximum absolute atomic E-state index is 10.0. The van der Waals surface area contributed by atoms with Crippen LogP contribution >= 0.6 is 0 Å². The van der Waals surface area contributed by atoms with Crippen molar-refractivity contribution in [3.05, 3.63) is 23.3 Å². The number of carboxylic acid groups (broad SMARTS) is 1. The van der Waals surface area contributed by atoms with E-state index in [4.69, 9.17) is 10.4 Å². The molecule has 0 unspecified atom stereocenters. The lowest BCUT2D eigenvalue weighted by molar-refractivity contribution is -0.131. The van der Waals surface area contributed by atoms with Crippen molar-refractivity contribution < 1.29 is 9.90 Å². The third-order valence-corrected chi connectivity index (χ3v) is 1.05. The summed E-state index contributed by atoms with van der Waals surface area (Å²) in [7, 11) is 0. The van der Waals surface area contributed by atoms with Crippen LogP contribution in [0.25, 0.3) is 0 Å². The van der Waals surface area contributed by atoms with E-state index in [1.54, 1.807) is 13.8 Å². The maximum Gasteiger partial charge on any atom is 0.328 e. The van der Waals surface area contributed by atoms with E-state index < -0.39 is 5.97 Å². The summed E-state index contributed by atoms with van der Waals surface area (Å²) < 4.78 is 0. The lowest BCUT2D eigenvalue weighted by Gasteiger charge is -1.89. The number of nitriles is 1. The zero-order valence-corrected chi connectivity index (χ0v) is 6.46. The molecule has 0 spiro atoms. The standard InChI is InChI=1S/C8H9NO2/c1-6(2)7(5-9)3-4-8(10)11/h3-4H,1-2H3,(H,10,11)/b4-3+. The van der Waals surface area contributed by atoms with E-state index in [1.165, 1.54) is 6.08 Å². The Balaban J connectivity index is 4.50. The zero-order valence-electron chi connectivity index (χ0n) is 6.46. The highest BCUT2D eigenvalue weighted by molar-refractivity contribution is 5.80. The fraction of sp³-hybridized carbons (Fsp3) is 0.250. The Hall–Kier alpha value is -1.56. The van der Waals surface area contributed by atoms with E-state index in [1.807, 2.05) is 6.07 Å². The molecule has 0 atom stereocenters. The molecule has 3 nitrogen and oxygen atoms in total. The van der Waals surface area contributed by atoms with Crippen LogP contribution in [-0.4, -0.2) is 11.1 Å². The van der Waals surface area contributed by atoms with Gasteiger partial charge in [-0.25, -0.2) is 4.79 Å². The Bertz CT molecular complexity index is 252. The molecule has 0 aliphatic carbocycles. The minimum atomic E-state index is -1.04. The predicted molar refractivity (Wildman–Crippen MR) is 40.8 cm³/mol. The molecule has 0 saturated heterocycles. The first kappa shape index (κ1) is 9.44. The SMILES string of the molecule is CC(C)=C(C#N)/C=C/C(=O)O. The van der Waals surface area contributed by atoms with Crippen LogP contribution in [0.2, 0.25) is 0 Å². The number of nitrogens with zero attached hydrogens (tertiary/aromatic N) is 1. The minimum Gasteiger partial charge on any atom is -0.478 e. The molecule has 0 aromatic rings. The van der Waals surface area contributed by atoms with Gasteiger partial charge in [0, 0.05) is 6.08 Å². The Labute approximate surface area is 65.3 Å². The minimum absolute atomic E-state index is 0.396. The van der Waals surface area contributed by atoms with Crippen LogP contribution in [0.4, 0.5) is 0 Å². The lowest BCUT2D eigenvalue weighted by Crippen LogP contribution is -1.87. The highest BCUT2D eigenvalue weighted by Crippen LogP contribution is 2.02. The largest absolute Gasteiger partial charge is 0.478 e. The van der Waals surface area contributed by atoms with E-state index in [-0.39, 0.29) is 0 Å². The summed E-state index contributed by atoms with van der Waals surface area (Å²) in [6.07, 6.45) is 2.24. The molecular weight excluding hydrogens is 142 g/mol. The van der Waals surface area contributed by atoms with Gasteiger partial charge in [-0.1, -0.05) is 5.57 Å². The van der Waals surface area contributed by atoms with Crippen LogP contribution in [0.15, 0.2) is 23.3 Å². The molecular formula is C8H9NO2. The van der Waals surface area contributed by atoms with Gasteiger partial charge in [-0.2, -0.15) is 5.26 Å². The van der Waals surface area contributed by atoms with Crippen molar-refractivity contribution in [2.45, 2.75) is 13.8 Å². The number of hydrogen-bond acceptors (Lipinski definition) is 2. The molecule has 0 radical (unpaired) electrons. The van der Waals surface area contributed by atoms with Crippen LogP contribution < -0.4 is 0 Å². The molecule has 0 aromatic heterocycles. The van der Waals surface area contributed by atoms with Gasteiger partial charge >= 0.3 is 5.97 Å². The van der Waals surface area contributed by atoms with Crippen molar-refractivity contribution in [2.24, 2.45) is 0 Å². The quantitative estimate of drug-likeness (QED) is 0.369. The Morgan fingerprint density at radius 1 is 1.45 bits per heavy atom. The highest BCUT2D eigenvalue weighted by Gasteiger charge is 1.92. The normalized spacial score (nSPS) is 9.18. The van der Waals surface area contributed by atoms with Crippen LogP contribution in [0.1, 0.15) is 13.8 Å². The average molecular weight is 151 g/mol. The number of allylic oxidation sites excluding steroid dienone is 3. The Morgan fingerprint density at radius 2 is 2.00 bits per heavy atom. The Morgan fingerprint density at radius 3 is 2.27 bits per heavy atom. The molecule has 58 valence electrons. The van der Waals surface area contributed by atoms with Crippen molar-refractivity contribution in [3.8, 4) is 6.07 Å². The van der Waals surface area contributed by atoms with Crippen LogP contribution in [0, 0.1) is 11.3 Å². The molecule has 0 aliphatic rings. The summed E-state index contributed by atoms with van der Waals surface area (Å²) in [6.45, 7) is 3.51. The van der Waals surface area contributed by atoms with E-state index >= 15 is 0 Å². The molecule has 0 bridgehead atoms. The lowest BCUT2D eigenvalue weighted by atomic mass is 10.1. The van der Waals surface area contributed by atoms with Gasteiger partial charge in [0.1, 0.15) is 0 Å². The van der Waals surface area contributed by atoms with Crippen molar-refractivity contribution >= 4 is 5.97 Å². The number of hydrogen-bond donors (Lipinski definition) is 1. The van der Waals surface area contributed by atoms with E-state index in [0.29, 0.717) is 5.57 Å². The number of carbonyl (C=O) groups is 1. The van der Waals surface area contributed by atoms with Gasteiger partial charge in [0.25, 0.3) is 0 Å². The summed E-state index contributed by atoms with van der Waals surface area (Å²) in [4.78, 5) is 10.0. The predicted octanol–water partition coefficient (Wildman–Crippen LogP) is 1.49. The first-order valence-electron chi connectivity index (χ1n) is 3.06. The first-order chi connectivity index (χ1) is 5.07. The monoisotopic (exact) mass is 151 g/mol. The third-order valence-electron chi connectivity index (χ3n) is 1.05. The molecule has 0 heterocycles. The average Bonchev–Trinajstić information content (AvgIpc) is 1.87. The molecule has 0 amide bonds. The second-order valence-corrected chi connectivity index (χ2v) is 2.20. The fourth-order valence-electron chi connectivity index (χ4n) is 0.470. The smallest absolute Gasteiger partial charge is 0.328 e. The number of aliphatic carboxylic acids is 1. The molecule has 0 aromatic carbocycles. The second kappa shape index (κ2) is 4.29. The molecule has 1 N–H and O–H groups in total. The van der Waals surface area contributed by atoms with Gasteiger partial charge in [-0.15, -0.1) is 0 Å². The van der Waals surface area contributed by atoms with Gasteiger partial charge in [0.2, 0.25) is 0 Å². The summed E-state index contributed by atoms with van der Waals surface area (Å²) in [5.74, 6) is -1.04. The summed E-state index contributed by atoms with van der Waals surface area (Å²) in [5.41, 5.74) is 1.21. The van der Waals surface area contributed by atoms with E-state index in [0.717, 1.165) is 11.6 Å². The highest BCUT2D eigenvalue weighted by atomic mass is 16.4. The van der Waals surface area contributed by atoms with Crippen LogP contribution in [0.3, 0.4) is 0 Å². The Kier molecular flexibility index (Phi) is 3.68. The molecule has 3 heteroatoms. The second-order valence-electron chi connectivity index (χ2n) is 2.20. The van der Waals surface area contributed by atoms with Gasteiger partial charge in [0.15, 0.2) is 0 Å². The van der Waals surface area contributed by atoms with Gasteiger partial charge in [0.05, 0.1) is 11.6 Å². The molecule has 0 aliphatic heterocycles. The maximum atomic E-state index is 10.0. The molecule has 0 fully saturated rings. The van der Waals surface area contributed by atoms with Gasteiger partial charge < -0.3 is 5.11 Å². The summed E-state index contributed by atoms with van der Waals surface area (Å²) >= 11 is 0. The first-order valence-corrected chi connectivity index (χ1v) is 3.06. The number of rotatable bonds is 2. The van der Waals surface area contributed by atoms with E-state index in [2.05, 4.69) is 0 Å². The van der Waals surface area contributed by atoms with E-state index in [9.17, 15) is 4.79 Å². The molecule has 0 saturated carbocycles. The number of carboxylic acids is 1. The van der Waals surface area contributed by atoms with Crippen molar-refractivity contribution in [2.75, 3.05) is 0 Å². The van der Waals surface area contributed by atoms with Crippen molar-refractivity contribution in [3.63, 3.8) is 0 Å². The van der Waals surface area contributed by atoms with Crippen LogP contribution in [0.5, 0.6) is 0 Å². The molecule has 11 heavy (non-hydrogen) atoms. The zero-order chi connectivity index (χ0) is 8.85. The summed E-state index contributed by atoms with van der Waals surface area (Å²) in [5, 5.41) is 16.7. The van der Waals surface area contributed by atoms with Crippen LogP contribution in [-0.2, 0) is 4.79 Å². The topological polar surface area (TPSA) is 61.1 Å². The van der Waals surface area contributed by atoms with Gasteiger partial charge in [-0.3, -0.25) is 0 Å². The van der Waals surface area contributed by atoms with Crippen molar-refractivity contribution in [1.29, 1.82) is 5.26 Å².